The van der Waals surface area contributed by atoms with Crippen LogP contribution in [0.1, 0.15) is 25.7 Å². The highest BCUT2D eigenvalue weighted by Crippen LogP contribution is 2.38. The Labute approximate surface area is 164 Å². The van der Waals surface area contributed by atoms with Gasteiger partial charge in [-0.3, -0.25) is 19.3 Å². The van der Waals surface area contributed by atoms with Crippen molar-refractivity contribution in [1.29, 1.82) is 0 Å². The highest BCUT2D eigenvalue weighted by Gasteiger charge is 2.48. The SMILES string of the molecule is COCCOc1cc(NC(=O)CN2C(=O)[C@@H]3CCCC[C@H]3C2=O)ccc1OC. The smallest absolute Gasteiger partial charge is 0.244 e. The predicted molar refractivity (Wildman–Crippen MR) is 101 cm³/mol. The highest BCUT2D eigenvalue weighted by atomic mass is 16.5. The zero-order valence-electron chi connectivity index (χ0n) is 16.2. The number of anilines is 1. The maximum Gasteiger partial charge on any atom is 0.244 e. The molecule has 0 bridgehead atoms. The molecule has 1 aromatic carbocycles. The van der Waals surface area contributed by atoms with E-state index in [9.17, 15) is 14.4 Å². The Morgan fingerprint density at radius 2 is 1.75 bits per heavy atom. The fourth-order valence-corrected chi connectivity index (χ4v) is 3.83. The largest absolute Gasteiger partial charge is 0.493 e. The first kappa shape index (κ1) is 20.1. The summed E-state index contributed by atoms with van der Waals surface area (Å²) >= 11 is 0. The number of benzene rings is 1. The molecule has 1 aromatic rings. The molecule has 0 radical (unpaired) electrons. The van der Waals surface area contributed by atoms with Crippen molar-refractivity contribution in [2.45, 2.75) is 25.7 Å². The number of hydrogen-bond donors (Lipinski definition) is 1. The first-order valence-corrected chi connectivity index (χ1v) is 9.50. The topological polar surface area (TPSA) is 94.2 Å². The number of amides is 3. The van der Waals surface area contributed by atoms with Crippen LogP contribution in [0, 0.1) is 11.8 Å². The van der Waals surface area contributed by atoms with Crippen LogP contribution in [0.5, 0.6) is 11.5 Å². The van der Waals surface area contributed by atoms with E-state index in [2.05, 4.69) is 5.32 Å². The number of rotatable bonds is 8. The second-order valence-electron chi connectivity index (χ2n) is 7.02. The summed E-state index contributed by atoms with van der Waals surface area (Å²) in [7, 11) is 3.11. The lowest BCUT2D eigenvalue weighted by atomic mass is 9.81. The zero-order chi connectivity index (χ0) is 20.1. The number of hydrogen-bond acceptors (Lipinski definition) is 6. The molecule has 1 saturated heterocycles. The molecule has 2 aliphatic rings. The number of nitrogens with zero attached hydrogens (tertiary/aromatic N) is 1. The third kappa shape index (κ3) is 4.27. The molecule has 152 valence electrons. The Bertz CT molecular complexity index is 726. The lowest BCUT2D eigenvalue weighted by molar-refractivity contribution is -0.142. The van der Waals surface area contributed by atoms with Crippen LogP contribution in [0.15, 0.2) is 18.2 Å². The molecular weight excluding hydrogens is 364 g/mol. The summed E-state index contributed by atoms with van der Waals surface area (Å²) in [5, 5.41) is 2.72. The van der Waals surface area contributed by atoms with Gasteiger partial charge in [0.15, 0.2) is 11.5 Å². The van der Waals surface area contributed by atoms with Crippen molar-refractivity contribution in [3.63, 3.8) is 0 Å². The van der Waals surface area contributed by atoms with Gasteiger partial charge in [0.05, 0.1) is 25.6 Å². The monoisotopic (exact) mass is 390 g/mol. The second-order valence-corrected chi connectivity index (χ2v) is 7.02. The van der Waals surface area contributed by atoms with Gasteiger partial charge in [-0.1, -0.05) is 12.8 Å². The molecule has 2 atom stereocenters. The van der Waals surface area contributed by atoms with Gasteiger partial charge in [0.1, 0.15) is 13.2 Å². The number of ether oxygens (including phenoxy) is 3. The fraction of sp³-hybridized carbons (Fsp3) is 0.550. The molecule has 1 heterocycles. The lowest BCUT2D eigenvalue weighted by Crippen LogP contribution is -2.38. The third-order valence-electron chi connectivity index (χ3n) is 5.23. The molecular formula is C20H26N2O6. The standard InChI is InChI=1S/C20H26N2O6/c1-26-9-10-28-17-11-13(7-8-16(17)27-2)21-18(23)12-22-19(24)14-5-3-4-6-15(14)20(22)25/h7-8,11,14-15H,3-6,9-10,12H2,1-2H3,(H,21,23)/t14-,15-/m1/s1. The second kappa shape index (κ2) is 9.05. The van der Waals surface area contributed by atoms with Crippen molar-refractivity contribution in [3.05, 3.63) is 18.2 Å². The van der Waals surface area contributed by atoms with Crippen LogP contribution in [0.2, 0.25) is 0 Å². The maximum absolute atomic E-state index is 12.5. The predicted octanol–water partition coefficient (Wildman–Crippen LogP) is 1.83. The minimum Gasteiger partial charge on any atom is -0.493 e. The zero-order valence-corrected chi connectivity index (χ0v) is 16.2. The Balaban J connectivity index is 1.63. The molecule has 0 unspecified atom stereocenters. The van der Waals surface area contributed by atoms with Crippen molar-refractivity contribution < 1.29 is 28.6 Å². The fourth-order valence-electron chi connectivity index (χ4n) is 3.83. The van der Waals surface area contributed by atoms with Crippen LogP contribution < -0.4 is 14.8 Å². The Morgan fingerprint density at radius 3 is 2.36 bits per heavy atom. The normalized spacial score (nSPS) is 21.4. The summed E-state index contributed by atoms with van der Waals surface area (Å²) in [5.41, 5.74) is 0.495. The molecule has 0 spiro atoms. The van der Waals surface area contributed by atoms with Gasteiger partial charge >= 0.3 is 0 Å². The van der Waals surface area contributed by atoms with Crippen molar-refractivity contribution in [2.24, 2.45) is 11.8 Å². The van der Waals surface area contributed by atoms with E-state index in [0.717, 1.165) is 30.6 Å². The summed E-state index contributed by atoms with van der Waals surface area (Å²) in [4.78, 5) is 38.5. The first-order valence-electron chi connectivity index (χ1n) is 9.50. The molecule has 8 nitrogen and oxygen atoms in total. The number of methoxy groups -OCH3 is 2. The van der Waals surface area contributed by atoms with E-state index in [4.69, 9.17) is 14.2 Å². The number of fused-ring (bicyclic) bond motifs is 1. The van der Waals surface area contributed by atoms with E-state index >= 15 is 0 Å². The van der Waals surface area contributed by atoms with Gasteiger partial charge in [0, 0.05) is 18.9 Å². The Kier molecular flexibility index (Phi) is 6.51. The van der Waals surface area contributed by atoms with Crippen LogP contribution in [0.3, 0.4) is 0 Å². The van der Waals surface area contributed by atoms with Crippen LogP contribution in [0.4, 0.5) is 5.69 Å². The van der Waals surface area contributed by atoms with Gasteiger partial charge < -0.3 is 19.5 Å². The highest BCUT2D eigenvalue weighted by molar-refractivity contribution is 6.08. The summed E-state index contributed by atoms with van der Waals surface area (Å²) in [6, 6.07) is 4.99. The maximum atomic E-state index is 12.5. The minimum atomic E-state index is -0.423. The van der Waals surface area contributed by atoms with E-state index < -0.39 is 5.91 Å². The molecule has 0 aromatic heterocycles. The number of carbonyl (C=O) groups excluding carboxylic acids is 3. The molecule has 3 amide bonds. The number of likely N-dealkylation sites (tertiary alicyclic amines) is 1. The minimum absolute atomic E-state index is 0.219. The summed E-state index contributed by atoms with van der Waals surface area (Å²) in [6.07, 6.45) is 3.37. The summed E-state index contributed by atoms with van der Waals surface area (Å²) < 4.78 is 15.8. The Hall–Kier alpha value is -2.61. The van der Waals surface area contributed by atoms with E-state index in [-0.39, 0.29) is 30.2 Å². The van der Waals surface area contributed by atoms with Crippen LogP contribution in [0.25, 0.3) is 0 Å². The van der Waals surface area contributed by atoms with E-state index in [1.165, 1.54) is 7.11 Å². The van der Waals surface area contributed by atoms with Crippen LogP contribution in [-0.2, 0) is 19.1 Å². The average Bonchev–Trinajstić information content (AvgIpc) is 2.93. The molecule has 8 heteroatoms. The van der Waals surface area contributed by atoms with Gasteiger partial charge in [-0.15, -0.1) is 0 Å². The molecule has 2 fully saturated rings. The number of imide groups is 1. The van der Waals surface area contributed by atoms with Gasteiger partial charge in [0.2, 0.25) is 17.7 Å². The number of nitrogens with one attached hydrogen (secondary N) is 1. The van der Waals surface area contributed by atoms with Gasteiger partial charge in [0.25, 0.3) is 0 Å². The van der Waals surface area contributed by atoms with Crippen LogP contribution in [-0.4, -0.2) is 56.6 Å². The third-order valence-corrected chi connectivity index (χ3v) is 5.23. The number of carbonyl (C=O) groups is 3. The molecule has 3 rings (SSSR count). The Morgan fingerprint density at radius 1 is 1.07 bits per heavy atom. The van der Waals surface area contributed by atoms with Crippen molar-refractivity contribution in [1.82, 2.24) is 4.90 Å². The van der Waals surface area contributed by atoms with Gasteiger partial charge in [-0.05, 0) is 25.0 Å². The first-order chi connectivity index (χ1) is 13.5. The van der Waals surface area contributed by atoms with Crippen molar-refractivity contribution >= 4 is 23.4 Å². The molecule has 28 heavy (non-hydrogen) atoms. The van der Waals surface area contributed by atoms with E-state index in [1.54, 1.807) is 25.3 Å². The summed E-state index contributed by atoms with van der Waals surface area (Å²) in [5.74, 6) is -0.369. The van der Waals surface area contributed by atoms with Crippen LogP contribution >= 0.6 is 0 Å². The lowest BCUT2D eigenvalue weighted by Gasteiger charge is -2.19. The molecule has 1 saturated carbocycles. The average molecular weight is 390 g/mol. The molecule has 1 N–H and O–H groups in total. The quantitative estimate of drug-likeness (QED) is 0.538. The van der Waals surface area contributed by atoms with Crippen molar-refractivity contribution in [3.8, 4) is 11.5 Å². The van der Waals surface area contributed by atoms with Gasteiger partial charge in [-0.25, -0.2) is 0 Å². The molecule has 1 aliphatic heterocycles. The summed E-state index contributed by atoms with van der Waals surface area (Å²) in [6.45, 7) is 0.488. The van der Waals surface area contributed by atoms with Gasteiger partial charge in [-0.2, -0.15) is 0 Å². The van der Waals surface area contributed by atoms with E-state index in [1.807, 2.05) is 0 Å². The van der Waals surface area contributed by atoms with E-state index in [0.29, 0.717) is 30.4 Å². The molecule has 1 aliphatic carbocycles. The van der Waals surface area contributed by atoms with Crippen molar-refractivity contribution in [2.75, 3.05) is 39.3 Å².